The molecule has 22 heavy (non-hydrogen) atoms. The molecule has 3 rings (SSSR count). The summed E-state index contributed by atoms with van der Waals surface area (Å²) in [5, 5.41) is 2.85. The van der Waals surface area contributed by atoms with Crippen LogP contribution in [0.3, 0.4) is 0 Å². The number of amides is 1. The molecule has 0 bridgehead atoms. The predicted octanol–water partition coefficient (Wildman–Crippen LogP) is 1.11. The highest BCUT2D eigenvalue weighted by atomic mass is 19.1. The Hall–Kier alpha value is -2.02. The monoisotopic (exact) mass is 308 g/mol. The fraction of sp³-hybridized carbons (Fsp3) is 0.467. The molecule has 2 atom stereocenters. The van der Waals surface area contributed by atoms with Gasteiger partial charge in [0.1, 0.15) is 12.0 Å². The molecule has 7 heteroatoms. The number of hydrogen-bond donors (Lipinski definition) is 2. The molecule has 1 saturated heterocycles. The Morgan fingerprint density at radius 2 is 2.14 bits per heavy atom. The second kappa shape index (κ2) is 6.00. The number of nitrogens with two attached hydrogens (primary N) is 1. The van der Waals surface area contributed by atoms with Crippen LogP contribution in [0.25, 0.3) is 0 Å². The molecule has 0 aliphatic carbocycles. The number of carbonyl (C=O) groups excluding carboxylic acids is 1. The summed E-state index contributed by atoms with van der Waals surface area (Å²) in [4.78, 5) is 17.7. The van der Waals surface area contributed by atoms with Gasteiger partial charge < -0.3 is 16.0 Å². The van der Waals surface area contributed by atoms with Crippen LogP contribution in [0.4, 0.5) is 8.78 Å². The average molecular weight is 308 g/mol. The van der Waals surface area contributed by atoms with Crippen LogP contribution in [0.5, 0.6) is 0 Å². The lowest BCUT2D eigenvalue weighted by Gasteiger charge is -2.36. The number of alkyl halides is 1. The minimum absolute atomic E-state index is 0.0958. The van der Waals surface area contributed by atoms with Crippen LogP contribution in [0, 0.1) is 5.82 Å². The fourth-order valence-electron chi connectivity index (χ4n) is 2.71. The van der Waals surface area contributed by atoms with Gasteiger partial charge in [0.2, 0.25) is 0 Å². The van der Waals surface area contributed by atoms with Gasteiger partial charge in [0.05, 0.1) is 25.0 Å². The molecule has 0 radical (unpaired) electrons. The maximum absolute atomic E-state index is 13.7. The number of nitrogens with zero attached hydrogens (tertiary/aromatic N) is 2. The minimum atomic E-state index is -0.953. The van der Waals surface area contributed by atoms with Crippen molar-refractivity contribution in [2.24, 2.45) is 10.7 Å². The summed E-state index contributed by atoms with van der Waals surface area (Å²) in [6, 6.07) is 6.26. The Labute approximate surface area is 127 Å². The molecular weight excluding hydrogens is 290 g/mol. The molecule has 5 nitrogen and oxygen atoms in total. The topological polar surface area (TPSA) is 70.7 Å². The SMILES string of the molecule is NC(NC1=NC(c2ccccc2F)CC1)C(=O)N1CC(F)C1. The molecule has 0 aromatic heterocycles. The lowest BCUT2D eigenvalue weighted by Crippen LogP contribution is -2.60. The Kier molecular flexibility index (Phi) is 4.06. The first kappa shape index (κ1) is 14.9. The van der Waals surface area contributed by atoms with Gasteiger partial charge in [-0.05, 0) is 12.5 Å². The summed E-state index contributed by atoms with van der Waals surface area (Å²) < 4.78 is 26.5. The zero-order valence-electron chi connectivity index (χ0n) is 12.0. The summed E-state index contributed by atoms with van der Waals surface area (Å²) in [7, 11) is 0. The number of rotatable bonds is 3. The van der Waals surface area contributed by atoms with Crippen molar-refractivity contribution in [3.05, 3.63) is 35.6 Å². The van der Waals surface area contributed by atoms with Crippen molar-refractivity contribution in [2.75, 3.05) is 13.1 Å². The molecule has 1 aromatic carbocycles. The van der Waals surface area contributed by atoms with Crippen molar-refractivity contribution in [3.8, 4) is 0 Å². The van der Waals surface area contributed by atoms with Crippen molar-refractivity contribution in [2.45, 2.75) is 31.2 Å². The van der Waals surface area contributed by atoms with Crippen LogP contribution in [-0.2, 0) is 4.79 Å². The lowest BCUT2D eigenvalue weighted by atomic mass is 10.0. The van der Waals surface area contributed by atoms with Crippen molar-refractivity contribution in [1.82, 2.24) is 10.2 Å². The van der Waals surface area contributed by atoms with E-state index in [1.165, 1.54) is 11.0 Å². The minimum Gasteiger partial charge on any atom is -0.351 e. The summed E-state index contributed by atoms with van der Waals surface area (Å²) in [6.45, 7) is 0.192. The first-order valence-electron chi connectivity index (χ1n) is 7.30. The predicted molar refractivity (Wildman–Crippen MR) is 78.4 cm³/mol. The van der Waals surface area contributed by atoms with Crippen LogP contribution in [0.1, 0.15) is 24.4 Å². The van der Waals surface area contributed by atoms with E-state index >= 15 is 0 Å². The van der Waals surface area contributed by atoms with E-state index in [0.29, 0.717) is 24.2 Å². The highest BCUT2D eigenvalue weighted by Gasteiger charge is 2.34. The van der Waals surface area contributed by atoms with E-state index in [9.17, 15) is 13.6 Å². The summed E-state index contributed by atoms with van der Waals surface area (Å²) in [5.74, 6) is -0.0372. The van der Waals surface area contributed by atoms with E-state index in [1.807, 2.05) is 0 Å². The molecule has 2 unspecified atom stereocenters. The molecule has 1 aromatic rings. The standard InChI is InChI=1S/C15H18F2N4O/c16-9-7-21(8-9)15(22)14(18)20-13-6-5-12(19-13)10-3-1-2-4-11(10)17/h1-4,9,12,14H,5-8,18H2,(H,19,20). The van der Waals surface area contributed by atoms with Crippen LogP contribution in [0.15, 0.2) is 29.3 Å². The second-order valence-electron chi connectivity index (χ2n) is 5.61. The number of hydrogen-bond acceptors (Lipinski definition) is 4. The average Bonchev–Trinajstić information content (AvgIpc) is 2.92. The van der Waals surface area contributed by atoms with E-state index in [4.69, 9.17) is 5.73 Å². The number of carbonyl (C=O) groups is 1. The molecule has 3 N–H and O–H groups in total. The fourth-order valence-corrected chi connectivity index (χ4v) is 2.71. The maximum Gasteiger partial charge on any atom is 0.260 e. The smallest absolute Gasteiger partial charge is 0.260 e. The first-order chi connectivity index (χ1) is 10.5. The van der Waals surface area contributed by atoms with Gasteiger partial charge in [0, 0.05) is 12.0 Å². The summed E-state index contributed by atoms with van der Waals surface area (Å²) in [6.07, 6.45) is -0.623. The summed E-state index contributed by atoms with van der Waals surface area (Å²) >= 11 is 0. The van der Waals surface area contributed by atoms with E-state index in [2.05, 4.69) is 10.3 Å². The van der Waals surface area contributed by atoms with Gasteiger partial charge >= 0.3 is 0 Å². The third-order valence-electron chi connectivity index (χ3n) is 3.97. The normalized spacial score (nSPS) is 23.0. The quantitative estimate of drug-likeness (QED) is 0.822. The highest BCUT2D eigenvalue weighted by Crippen LogP contribution is 2.29. The molecule has 118 valence electrons. The van der Waals surface area contributed by atoms with E-state index in [1.54, 1.807) is 18.2 Å². The van der Waals surface area contributed by atoms with Crippen molar-refractivity contribution >= 4 is 11.7 Å². The van der Waals surface area contributed by atoms with Gasteiger partial charge in [-0.25, -0.2) is 8.78 Å². The van der Waals surface area contributed by atoms with Crippen LogP contribution >= 0.6 is 0 Å². The number of benzene rings is 1. The second-order valence-corrected chi connectivity index (χ2v) is 5.61. The Morgan fingerprint density at radius 1 is 1.41 bits per heavy atom. The summed E-state index contributed by atoms with van der Waals surface area (Å²) in [5.41, 5.74) is 6.33. The van der Waals surface area contributed by atoms with Gasteiger partial charge in [-0.3, -0.25) is 9.79 Å². The first-order valence-corrected chi connectivity index (χ1v) is 7.30. The Balaban J connectivity index is 1.60. The van der Waals surface area contributed by atoms with Gasteiger partial charge in [0.25, 0.3) is 5.91 Å². The van der Waals surface area contributed by atoms with E-state index < -0.39 is 12.3 Å². The van der Waals surface area contributed by atoms with Crippen molar-refractivity contribution in [1.29, 1.82) is 0 Å². The lowest BCUT2D eigenvalue weighted by molar-refractivity contribution is -0.140. The van der Waals surface area contributed by atoms with Gasteiger partial charge in [-0.1, -0.05) is 18.2 Å². The van der Waals surface area contributed by atoms with Crippen molar-refractivity contribution in [3.63, 3.8) is 0 Å². The molecular formula is C15H18F2N4O. The van der Waals surface area contributed by atoms with E-state index in [-0.39, 0.29) is 30.9 Å². The number of amidine groups is 1. The Bertz CT molecular complexity index is 601. The third-order valence-corrected chi connectivity index (χ3v) is 3.97. The molecule has 2 heterocycles. The van der Waals surface area contributed by atoms with Crippen molar-refractivity contribution < 1.29 is 13.6 Å². The number of halogens is 2. The zero-order chi connectivity index (χ0) is 15.7. The van der Waals surface area contributed by atoms with Gasteiger partial charge in [0.15, 0.2) is 6.17 Å². The highest BCUT2D eigenvalue weighted by molar-refractivity contribution is 5.90. The van der Waals surface area contributed by atoms with Gasteiger partial charge in [-0.15, -0.1) is 0 Å². The van der Waals surface area contributed by atoms with Crippen LogP contribution in [0.2, 0.25) is 0 Å². The van der Waals surface area contributed by atoms with E-state index in [0.717, 1.165) is 0 Å². The van der Waals surface area contributed by atoms with Crippen LogP contribution < -0.4 is 11.1 Å². The molecule has 2 aliphatic rings. The number of nitrogens with one attached hydrogen (secondary N) is 1. The molecule has 2 aliphatic heterocycles. The molecule has 1 fully saturated rings. The maximum atomic E-state index is 13.7. The van der Waals surface area contributed by atoms with Crippen LogP contribution in [-0.4, -0.2) is 42.1 Å². The largest absolute Gasteiger partial charge is 0.351 e. The third kappa shape index (κ3) is 2.94. The molecule has 0 spiro atoms. The molecule has 0 saturated carbocycles. The van der Waals surface area contributed by atoms with Gasteiger partial charge in [-0.2, -0.15) is 0 Å². The number of likely N-dealkylation sites (tertiary alicyclic amines) is 1. The Morgan fingerprint density at radius 3 is 2.82 bits per heavy atom. The molecule has 1 amide bonds. The number of aliphatic imine (C=N–C) groups is 1. The zero-order valence-corrected chi connectivity index (χ0v) is 12.0.